The maximum absolute atomic E-state index is 13.2. The highest BCUT2D eigenvalue weighted by molar-refractivity contribution is 9.10. The molecule has 0 bridgehead atoms. The van der Waals surface area contributed by atoms with Gasteiger partial charge >= 0.3 is 0 Å². The Morgan fingerprint density at radius 1 is 0.867 bits per heavy atom. The number of nitrogens with zero attached hydrogens (tertiary/aromatic N) is 2. The van der Waals surface area contributed by atoms with Gasteiger partial charge in [-0.1, -0.05) is 94.8 Å². The van der Waals surface area contributed by atoms with E-state index in [1.165, 1.54) is 0 Å². The largest absolute Gasteiger partial charge is 0.303 e. The van der Waals surface area contributed by atoms with Gasteiger partial charge in [-0.25, -0.2) is 4.98 Å². The average Bonchev–Trinajstić information content (AvgIpc) is 3.33. The van der Waals surface area contributed by atoms with Crippen LogP contribution >= 0.6 is 15.9 Å². The van der Waals surface area contributed by atoms with Crippen molar-refractivity contribution in [3.8, 4) is 11.1 Å². The number of imidazole rings is 1. The van der Waals surface area contributed by atoms with Crippen molar-refractivity contribution in [3.63, 3.8) is 0 Å². The lowest BCUT2D eigenvalue weighted by atomic mass is 10.0. The summed E-state index contributed by atoms with van der Waals surface area (Å²) in [6.07, 6.45) is 10.7. The minimum absolute atomic E-state index is 0.0620. The number of carbonyl (C=O) groups is 1. The Balaban J connectivity index is 1.61. The van der Waals surface area contributed by atoms with Crippen molar-refractivity contribution in [2.45, 2.75) is 0 Å². The van der Waals surface area contributed by atoms with Crippen LogP contribution in [-0.4, -0.2) is 15.3 Å². The third kappa shape index (κ3) is 4.73. The third-order valence-corrected chi connectivity index (χ3v) is 5.21. The molecule has 1 aromatic heterocycles. The van der Waals surface area contributed by atoms with E-state index in [0.717, 1.165) is 21.2 Å². The number of allylic oxidation sites excluding steroid dienone is 3. The van der Waals surface area contributed by atoms with Crippen LogP contribution in [0.1, 0.15) is 15.9 Å². The van der Waals surface area contributed by atoms with Gasteiger partial charge in [0.05, 0.1) is 12.0 Å². The summed E-state index contributed by atoms with van der Waals surface area (Å²) in [6, 6.07) is 25.8. The predicted molar refractivity (Wildman–Crippen MR) is 126 cm³/mol. The van der Waals surface area contributed by atoms with Crippen LogP contribution in [0.15, 0.2) is 114 Å². The molecular weight excluding hydrogens is 436 g/mol. The zero-order valence-corrected chi connectivity index (χ0v) is 17.7. The molecular formula is C26H19BrN2O. The van der Waals surface area contributed by atoms with Gasteiger partial charge in [0.25, 0.3) is 0 Å². The summed E-state index contributed by atoms with van der Waals surface area (Å²) < 4.78 is 2.77. The molecule has 3 aromatic carbocycles. The molecule has 30 heavy (non-hydrogen) atoms. The quantitative estimate of drug-likeness (QED) is 0.183. The van der Waals surface area contributed by atoms with E-state index in [2.05, 4.69) is 33.0 Å². The fourth-order valence-electron chi connectivity index (χ4n) is 3.10. The van der Waals surface area contributed by atoms with Crippen molar-refractivity contribution in [2.24, 2.45) is 0 Å². The Morgan fingerprint density at radius 3 is 2.23 bits per heavy atom. The fraction of sp³-hybridized carbons (Fsp3) is 0. The van der Waals surface area contributed by atoms with Gasteiger partial charge in [-0.3, -0.25) is 4.79 Å². The molecule has 0 saturated heterocycles. The number of ketones is 1. The van der Waals surface area contributed by atoms with Crippen molar-refractivity contribution >= 4 is 33.5 Å². The average molecular weight is 455 g/mol. The van der Waals surface area contributed by atoms with Crippen LogP contribution in [0.2, 0.25) is 0 Å². The highest BCUT2D eigenvalue weighted by atomic mass is 79.9. The summed E-state index contributed by atoms with van der Waals surface area (Å²) in [5.74, 6) is -0.0620. The van der Waals surface area contributed by atoms with E-state index in [-0.39, 0.29) is 5.78 Å². The fourth-order valence-corrected chi connectivity index (χ4v) is 3.36. The maximum Gasteiger partial charge on any atom is 0.209 e. The van der Waals surface area contributed by atoms with Crippen molar-refractivity contribution in [1.29, 1.82) is 0 Å². The van der Waals surface area contributed by atoms with E-state index in [0.29, 0.717) is 11.3 Å². The zero-order chi connectivity index (χ0) is 20.8. The van der Waals surface area contributed by atoms with Gasteiger partial charge in [0.1, 0.15) is 0 Å². The van der Waals surface area contributed by atoms with E-state index in [4.69, 9.17) is 0 Å². The second-order valence-corrected chi connectivity index (χ2v) is 7.62. The summed E-state index contributed by atoms with van der Waals surface area (Å²) in [5, 5.41) is 0. The Bertz CT molecular complexity index is 1170. The first-order valence-corrected chi connectivity index (χ1v) is 10.3. The first kappa shape index (κ1) is 19.8. The molecule has 0 unspecified atom stereocenters. The van der Waals surface area contributed by atoms with Gasteiger partial charge < -0.3 is 4.57 Å². The van der Waals surface area contributed by atoms with E-state index in [1.807, 2.05) is 85.0 Å². The van der Waals surface area contributed by atoms with E-state index in [1.54, 1.807) is 23.3 Å². The van der Waals surface area contributed by atoms with E-state index >= 15 is 0 Å². The molecule has 0 fully saturated rings. The molecule has 0 spiro atoms. The van der Waals surface area contributed by atoms with Crippen molar-refractivity contribution < 1.29 is 4.79 Å². The minimum Gasteiger partial charge on any atom is -0.303 e. The second-order valence-electron chi connectivity index (χ2n) is 6.71. The summed E-state index contributed by atoms with van der Waals surface area (Å²) >= 11 is 3.44. The lowest BCUT2D eigenvalue weighted by molar-refractivity contribution is 0.105. The number of aromatic nitrogens is 2. The Hall–Kier alpha value is -3.50. The molecule has 0 aliphatic rings. The maximum atomic E-state index is 13.2. The molecule has 3 nitrogen and oxygen atoms in total. The normalized spacial score (nSPS) is 11.7. The summed E-state index contributed by atoms with van der Waals surface area (Å²) in [7, 11) is 0. The number of hydrogen-bond donors (Lipinski definition) is 0. The van der Waals surface area contributed by atoms with Crippen molar-refractivity contribution in [2.75, 3.05) is 0 Å². The molecule has 0 aliphatic heterocycles. The van der Waals surface area contributed by atoms with Crippen LogP contribution in [0.4, 0.5) is 0 Å². The lowest BCUT2D eigenvalue weighted by Crippen LogP contribution is -2.08. The van der Waals surface area contributed by atoms with Gasteiger partial charge in [-0.05, 0) is 34.9 Å². The van der Waals surface area contributed by atoms with Crippen LogP contribution in [0, 0.1) is 0 Å². The number of rotatable bonds is 6. The Kier molecular flexibility index (Phi) is 6.16. The SMILES string of the molecule is O=C(/C(=C/C=C/c1ccc(Br)cc1)n1ccnc1)c1ccc(-c2ccccc2)cc1. The molecule has 0 aliphatic carbocycles. The van der Waals surface area contributed by atoms with Crippen molar-refractivity contribution in [3.05, 3.63) is 125 Å². The van der Waals surface area contributed by atoms with E-state index in [9.17, 15) is 4.79 Å². The van der Waals surface area contributed by atoms with Crippen LogP contribution in [-0.2, 0) is 0 Å². The Labute approximate surface area is 184 Å². The molecule has 0 atom stereocenters. The Morgan fingerprint density at radius 2 is 1.57 bits per heavy atom. The van der Waals surface area contributed by atoms with Crippen LogP contribution < -0.4 is 0 Å². The third-order valence-electron chi connectivity index (χ3n) is 4.68. The molecule has 146 valence electrons. The van der Waals surface area contributed by atoms with Crippen LogP contribution in [0.5, 0.6) is 0 Å². The van der Waals surface area contributed by atoms with Crippen molar-refractivity contribution in [1.82, 2.24) is 9.55 Å². The molecule has 4 heteroatoms. The molecule has 1 heterocycles. The summed E-state index contributed by atoms with van der Waals surface area (Å²) in [5.41, 5.74) is 4.42. The standard InChI is InChI=1S/C26H19BrN2O/c27-24-15-9-20(10-16-24)5-4-8-25(29-18-17-28-19-29)26(30)23-13-11-22(12-14-23)21-6-2-1-3-7-21/h1-19H/b5-4+,25-8-. The van der Waals surface area contributed by atoms with Gasteiger partial charge in [-0.2, -0.15) is 0 Å². The first-order chi connectivity index (χ1) is 14.7. The molecule has 0 radical (unpaired) electrons. The molecule has 4 aromatic rings. The molecule has 0 amide bonds. The summed E-state index contributed by atoms with van der Waals surface area (Å²) in [6.45, 7) is 0. The highest BCUT2D eigenvalue weighted by Gasteiger charge is 2.13. The van der Waals surface area contributed by atoms with Gasteiger partial charge in [0.15, 0.2) is 0 Å². The van der Waals surface area contributed by atoms with Gasteiger partial charge in [0.2, 0.25) is 5.78 Å². The number of halogens is 1. The molecule has 4 rings (SSSR count). The second kappa shape index (κ2) is 9.33. The first-order valence-electron chi connectivity index (χ1n) is 9.53. The highest BCUT2D eigenvalue weighted by Crippen LogP contribution is 2.21. The smallest absolute Gasteiger partial charge is 0.209 e. The van der Waals surface area contributed by atoms with Gasteiger partial charge in [0, 0.05) is 22.4 Å². The summed E-state index contributed by atoms with van der Waals surface area (Å²) in [4.78, 5) is 17.3. The number of Topliss-reactive ketones (excluding diaryl/α,β-unsaturated/α-hetero) is 1. The van der Waals surface area contributed by atoms with Crippen LogP contribution in [0.3, 0.4) is 0 Å². The zero-order valence-electron chi connectivity index (χ0n) is 16.2. The number of benzene rings is 3. The molecule has 0 N–H and O–H groups in total. The van der Waals surface area contributed by atoms with Gasteiger partial charge in [-0.15, -0.1) is 0 Å². The monoisotopic (exact) mass is 454 g/mol. The molecule has 0 saturated carbocycles. The number of carbonyl (C=O) groups excluding carboxylic acids is 1. The van der Waals surface area contributed by atoms with E-state index < -0.39 is 0 Å². The number of hydrogen-bond acceptors (Lipinski definition) is 2. The predicted octanol–water partition coefficient (Wildman–Crippen LogP) is 6.75. The minimum atomic E-state index is -0.0620. The topological polar surface area (TPSA) is 34.9 Å². The lowest BCUT2D eigenvalue weighted by Gasteiger charge is -2.08. The van der Waals surface area contributed by atoms with Crippen LogP contribution in [0.25, 0.3) is 22.9 Å².